The minimum absolute atomic E-state index is 0.120. The van der Waals surface area contributed by atoms with Gasteiger partial charge in [-0.05, 0) is 79.1 Å². The molecule has 0 unspecified atom stereocenters. The van der Waals surface area contributed by atoms with Gasteiger partial charge >= 0.3 is 0 Å². The molecular weight excluding hydrogens is 346 g/mol. The fraction of sp³-hybridized carbons (Fsp3) is 0.375. The highest BCUT2D eigenvalue weighted by atomic mass is 79.9. The molecule has 0 bridgehead atoms. The van der Waals surface area contributed by atoms with E-state index < -0.39 is 0 Å². The van der Waals surface area contributed by atoms with Gasteiger partial charge in [0.1, 0.15) is 0 Å². The number of hydrogen-bond donors (Lipinski definition) is 1. The van der Waals surface area contributed by atoms with E-state index in [0.29, 0.717) is 0 Å². The molecule has 0 aliphatic carbocycles. The molecule has 5 heteroatoms. The predicted molar refractivity (Wildman–Crippen MR) is 91.6 cm³/mol. The Labute approximate surface area is 139 Å². The third-order valence-electron chi connectivity index (χ3n) is 2.79. The van der Waals surface area contributed by atoms with Crippen LogP contribution >= 0.6 is 27.7 Å². The van der Waals surface area contributed by atoms with Crippen molar-refractivity contribution >= 4 is 27.7 Å². The molecule has 0 fully saturated rings. The van der Waals surface area contributed by atoms with Gasteiger partial charge < -0.3 is 5.32 Å². The van der Waals surface area contributed by atoms with Crippen molar-refractivity contribution in [1.29, 1.82) is 0 Å². The van der Waals surface area contributed by atoms with E-state index in [4.69, 9.17) is 0 Å². The van der Waals surface area contributed by atoms with E-state index in [9.17, 15) is 0 Å². The van der Waals surface area contributed by atoms with Gasteiger partial charge in [0.05, 0.1) is 0 Å². The van der Waals surface area contributed by atoms with Crippen LogP contribution in [0.4, 0.5) is 0 Å². The highest BCUT2D eigenvalue weighted by Gasteiger charge is 2.10. The van der Waals surface area contributed by atoms with Crippen LogP contribution in [0.2, 0.25) is 0 Å². The fourth-order valence-electron chi connectivity index (χ4n) is 1.68. The van der Waals surface area contributed by atoms with Crippen LogP contribution in [-0.4, -0.2) is 15.5 Å². The van der Waals surface area contributed by atoms with E-state index in [1.165, 1.54) is 5.56 Å². The maximum Gasteiger partial charge on any atom is 0.192 e. The zero-order valence-corrected chi connectivity index (χ0v) is 15.2. The Hall–Kier alpha value is -0.910. The Morgan fingerprint density at radius 3 is 2.62 bits per heavy atom. The Morgan fingerprint density at radius 2 is 2.00 bits per heavy atom. The van der Waals surface area contributed by atoms with Crippen LogP contribution in [0.25, 0.3) is 0 Å². The van der Waals surface area contributed by atoms with Crippen molar-refractivity contribution in [2.24, 2.45) is 0 Å². The maximum absolute atomic E-state index is 4.42. The first-order valence-electron chi connectivity index (χ1n) is 6.84. The molecule has 0 atom stereocenters. The Balaban J connectivity index is 2.09. The first kappa shape index (κ1) is 16.5. The summed E-state index contributed by atoms with van der Waals surface area (Å²) in [5.74, 6) is 0. The molecular formula is C16H20BrN3S. The van der Waals surface area contributed by atoms with Gasteiger partial charge in [0, 0.05) is 33.3 Å². The fourth-order valence-corrected chi connectivity index (χ4v) is 3.14. The largest absolute Gasteiger partial charge is 0.308 e. The monoisotopic (exact) mass is 365 g/mol. The molecule has 0 aliphatic rings. The number of hydrogen-bond acceptors (Lipinski definition) is 4. The van der Waals surface area contributed by atoms with Crippen molar-refractivity contribution in [3.63, 3.8) is 0 Å². The molecule has 1 heterocycles. The van der Waals surface area contributed by atoms with Gasteiger partial charge in [0.15, 0.2) is 5.16 Å². The predicted octanol–water partition coefficient (Wildman–Crippen LogP) is 4.59. The summed E-state index contributed by atoms with van der Waals surface area (Å²) >= 11 is 5.21. The lowest BCUT2D eigenvalue weighted by molar-refractivity contribution is 0.424. The SMILES string of the molecule is Cc1ccnc(Sc2ccc(CNC(C)(C)C)cc2Br)n1. The highest BCUT2D eigenvalue weighted by molar-refractivity contribution is 9.10. The van der Waals surface area contributed by atoms with Crippen LogP contribution in [-0.2, 0) is 6.54 Å². The summed E-state index contributed by atoms with van der Waals surface area (Å²) < 4.78 is 1.07. The minimum Gasteiger partial charge on any atom is -0.308 e. The Kier molecular flexibility index (Phi) is 5.41. The summed E-state index contributed by atoms with van der Waals surface area (Å²) in [5, 5.41) is 4.26. The second-order valence-electron chi connectivity index (χ2n) is 5.95. The number of benzene rings is 1. The topological polar surface area (TPSA) is 37.8 Å². The van der Waals surface area contributed by atoms with E-state index in [1.807, 2.05) is 13.0 Å². The smallest absolute Gasteiger partial charge is 0.192 e. The molecule has 21 heavy (non-hydrogen) atoms. The lowest BCUT2D eigenvalue weighted by Crippen LogP contribution is -2.35. The van der Waals surface area contributed by atoms with Crippen LogP contribution in [0.3, 0.4) is 0 Å². The number of halogens is 1. The first-order valence-corrected chi connectivity index (χ1v) is 8.45. The van der Waals surface area contributed by atoms with E-state index in [2.05, 4.69) is 70.2 Å². The van der Waals surface area contributed by atoms with Gasteiger partial charge in [-0.25, -0.2) is 9.97 Å². The standard InChI is InChI=1S/C16H20BrN3S/c1-11-7-8-18-15(20-11)21-14-6-5-12(9-13(14)17)10-19-16(2,3)4/h5-9,19H,10H2,1-4H3. The van der Waals surface area contributed by atoms with Crippen molar-refractivity contribution < 1.29 is 0 Å². The lowest BCUT2D eigenvalue weighted by Gasteiger charge is -2.20. The van der Waals surface area contributed by atoms with Crippen LogP contribution in [0.5, 0.6) is 0 Å². The van der Waals surface area contributed by atoms with Crippen molar-refractivity contribution in [3.8, 4) is 0 Å². The van der Waals surface area contributed by atoms with Crippen molar-refractivity contribution in [3.05, 3.63) is 46.2 Å². The summed E-state index contributed by atoms with van der Waals surface area (Å²) in [6, 6.07) is 8.30. The van der Waals surface area contributed by atoms with Gasteiger partial charge in [-0.15, -0.1) is 0 Å². The molecule has 0 saturated carbocycles. The summed E-state index contributed by atoms with van der Waals surface area (Å²) in [6.45, 7) is 9.33. The molecule has 0 spiro atoms. The molecule has 0 saturated heterocycles. The van der Waals surface area contributed by atoms with Crippen molar-refractivity contribution in [2.45, 2.75) is 49.8 Å². The molecule has 2 rings (SSSR count). The molecule has 0 amide bonds. The molecule has 112 valence electrons. The molecule has 3 nitrogen and oxygen atoms in total. The van der Waals surface area contributed by atoms with Crippen LogP contribution in [0.1, 0.15) is 32.0 Å². The third kappa shape index (κ3) is 5.41. The second kappa shape index (κ2) is 6.90. The minimum atomic E-state index is 0.120. The summed E-state index contributed by atoms with van der Waals surface area (Å²) in [7, 11) is 0. The van der Waals surface area contributed by atoms with Crippen LogP contribution in [0.15, 0.2) is 45.0 Å². The highest BCUT2D eigenvalue weighted by Crippen LogP contribution is 2.32. The van der Waals surface area contributed by atoms with E-state index in [1.54, 1.807) is 18.0 Å². The molecule has 0 aliphatic heterocycles. The number of nitrogens with one attached hydrogen (secondary N) is 1. The van der Waals surface area contributed by atoms with Crippen molar-refractivity contribution in [1.82, 2.24) is 15.3 Å². The molecule has 1 aromatic carbocycles. The summed E-state index contributed by atoms with van der Waals surface area (Å²) in [4.78, 5) is 9.83. The normalized spacial score (nSPS) is 11.7. The zero-order chi connectivity index (χ0) is 15.5. The van der Waals surface area contributed by atoms with Crippen molar-refractivity contribution in [2.75, 3.05) is 0 Å². The summed E-state index contributed by atoms with van der Waals surface area (Å²) in [5.41, 5.74) is 2.36. The van der Waals surface area contributed by atoms with E-state index in [0.717, 1.165) is 26.8 Å². The Morgan fingerprint density at radius 1 is 1.24 bits per heavy atom. The van der Waals surface area contributed by atoms with Crippen LogP contribution in [0, 0.1) is 6.92 Å². The van der Waals surface area contributed by atoms with Gasteiger partial charge in [-0.3, -0.25) is 0 Å². The first-order chi connectivity index (χ1) is 9.83. The van der Waals surface area contributed by atoms with E-state index in [-0.39, 0.29) is 5.54 Å². The molecule has 1 N–H and O–H groups in total. The quantitative estimate of drug-likeness (QED) is 0.804. The Bertz CT molecular complexity index is 623. The zero-order valence-electron chi connectivity index (χ0n) is 12.8. The van der Waals surface area contributed by atoms with Gasteiger partial charge in [-0.1, -0.05) is 6.07 Å². The summed E-state index contributed by atoms with van der Waals surface area (Å²) in [6.07, 6.45) is 1.79. The van der Waals surface area contributed by atoms with E-state index >= 15 is 0 Å². The van der Waals surface area contributed by atoms with Gasteiger partial charge in [0.25, 0.3) is 0 Å². The third-order valence-corrected chi connectivity index (χ3v) is 4.67. The van der Waals surface area contributed by atoms with Crippen LogP contribution < -0.4 is 5.32 Å². The average Bonchev–Trinajstić information content (AvgIpc) is 2.38. The average molecular weight is 366 g/mol. The number of aryl methyl sites for hydroxylation is 1. The lowest BCUT2D eigenvalue weighted by atomic mass is 10.1. The second-order valence-corrected chi connectivity index (χ2v) is 7.81. The number of nitrogens with zero attached hydrogens (tertiary/aromatic N) is 2. The van der Waals surface area contributed by atoms with Gasteiger partial charge in [0.2, 0.25) is 0 Å². The molecule has 1 aromatic heterocycles. The maximum atomic E-state index is 4.42. The molecule has 0 radical (unpaired) electrons. The number of aromatic nitrogens is 2. The van der Waals surface area contributed by atoms with Gasteiger partial charge in [-0.2, -0.15) is 0 Å². The number of rotatable bonds is 4. The molecule has 2 aromatic rings.